The van der Waals surface area contributed by atoms with Crippen LogP contribution in [0.5, 0.6) is 0 Å². The van der Waals surface area contributed by atoms with Gasteiger partial charge in [-0.05, 0) is 43.9 Å². The van der Waals surface area contributed by atoms with E-state index in [0.29, 0.717) is 0 Å². The average molecular weight is 360 g/mol. The van der Waals surface area contributed by atoms with Crippen LogP contribution in [-0.4, -0.2) is 40.6 Å². The molecule has 1 unspecified atom stereocenters. The van der Waals surface area contributed by atoms with Crippen LogP contribution in [0.25, 0.3) is 11.3 Å². The van der Waals surface area contributed by atoms with Gasteiger partial charge in [0.1, 0.15) is 5.82 Å². The molecule has 1 amide bonds. The Morgan fingerprint density at radius 2 is 2.12 bits per heavy atom. The summed E-state index contributed by atoms with van der Waals surface area (Å²) in [6.07, 6.45) is 5.52. The number of benzene rings is 1. The fourth-order valence-electron chi connectivity index (χ4n) is 2.95. The molecule has 0 bridgehead atoms. The van der Waals surface area contributed by atoms with Crippen LogP contribution in [0, 0.1) is 5.82 Å². The average Bonchev–Trinajstić information content (AvgIpc) is 3.09. The summed E-state index contributed by atoms with van der Waals surface area (Å²) in [4.78, 5) is 13.8. The van der Waals surface area contributed by atoms with Gasteiger partial charge in [-0.25, -0.2) is 4.39 Å². The van der Waals surface area contributed by atoms with Crippen molar-refractivity contribution in [1.82, 2.24) is 15.1 Å². The lowest BCUT2D eigenvalue weighted by Crippen LogP contribution is -2.42. The number of carbonyl (C=O) groups is 1. The fraction of sp³-hybridized carbons (Fsp3) is 0.500. The maximum absolute atomic E-state index is 13.3. The van der Waals surface area contributed by atoms with Crippen LogP contribution in [-0.2, 0) is 11.2 Å². The molecule has 2 aromatic rings. The minimum atomic E-state index is -0.378. The molecule has 1 heterocycles. The maximum atomic E-state index is 13.3. The zero-order chi connectivity index (χ0) is 18.9. The predicted molar refractivity (Wildman–Crippen MR) is 102 cm³/mol. The van der Waals surface area contributed by atoms with Gasteiger partial charge < -0.3 is 10.6 Å². The van der Waals surface area contributed by atoms with E-state index in [2.05, 4.69) is 10.2 Å². The maximum Gasteiger partial charge on any atom is 0.239 e. The first-order valence-corrected chi connectivity index (χ1v) is 9.32. The van der Waals surface area contributed by atoms with Crippen LogP contribution in [0.1, 0.15) is 44.7 Å². The summed E-state index contributed by atoms with van der Waals surface area (Å²) < 4.78 is 13.3. The van der Waals surface area contributed by atoms with Crippen LogP contribution in [0.15, 0.2) is 30.3 Å². The molecule has 0 aliphatic carbocycles. The Morgan fingerprint density at radius 3 is 2.85 bits per heavy atom. The van der Waals surface area contributed by atoms with E-state index in [1.807, 2.05) is 26.1 Å². The molecule has 0 saturated heterocycles. The molecule has 0 aliphatic heterocycles. The first kappa shape index (κ1) is 20.1. The molecule has 0 fully saturated rings. The van der Waals surface area contributed by atoms with Gasteiger partial charge in [0.05, 0.1) is 11.7 Å². The number of halogens is 1. The number of hydrogen-bond donors (Lipinski definition) is 2. The van der Waals surface area contributed by atoms with E-state index in [0.717, 1.165) is 62.0 Å². The number of amides is 1. The van der Waals surface area contributed by atoms with Gasteiger partial charge in [-0.2, -0.15) is 5.10 Å². The monoisotopic (exact) mass is 360 g/mol. The van der Waals surface area contributed by atoms with Crippen LogP contribution < -0.4 is 5.73 Å². The quantitative estimate of drug-likeness (QED) is 0.637. The summed E-state index contributed by atoms with van der Waals surface area (Å²) >= 11 is 0. The zero-order valence-electron chi connectivity index (χ0n) is 15.7. The van der Waals surface area contributed by atoms with E-state index in [9.17, 15) is 9.18 Å². The normalized spacial score (nSPS) is 12.2. The van der Waals surface area contributed by atoms with Crippen molar-refractivity contribution in [2.45, 2.75) is 51.5 Å². The van der Waals surface area contributed by atoms with Crippen molar-refractivity contribution in [3.63, 3.8) is 0 Å². The molecular formula is C20H29FN4O. The minimum Gasteiger partial charge on any atom is -0.344 e. The second kappa shape index (κ2) is 10.1. The van der Waals surface area contributed by atoms with E-state index in [-0.39, 0.29) is 17.8 Å². The number of nitrogens with two attached hydrogens (primary N) is 1. The molecule has 26 heavy (non-hydrogen) atoms. The number of aromatic nitrogens is 2. The topological polar surface area (TPSA) is 75.0 Å². The third-order valence-electron chi connectivity index (χ3n) is 4.48. The van der Waals surface area contributed by atoms with Crippen molar-refractivity contribution in [3.8, 4) is 11.3 Å². The van der Waals surface area contributed by atoms with Gasteiger partial charge in [0.2, 0.25) is 5.91 Å². The van der Waals surface area contributed by atoms with Crippen molar-refractivity contribution in [3.05, 3.63) is 41.8 Å². The van der Waals surface area contributed by atoms with E-state index in [1.165, 1.54) is 12.1 Å². The van der Waals surface area contributed by atoms with Crippen LogP contribution in [0.4, 0.5) is 4.39 Å². The molecule has 3 N–H and O–H groups in total. The molecule has 1 aromatic heterocycles. The Hall–Kier alpha value is -2.21. The van der Waals surface area contributed by atoms with Gasteiger partial charge in [0, 0.05) is 24.8 Å². The largest absolute Gasteiger partial charge is 0.344 e. The third-order valence-corrected chi connectivity index (χ3v) is 4.48. The molecule has 0 aliphatic rings. The van der Waals surface area contributed by atoms with Gasteiger partial charge in [0.25, 0.3) is 0 Å². The fourth-order valence-corrected chi connectivity index (χ4v) is 2.95. The molecule has 1 aromatic carbocycles. The number of rotatable bonds is 10. The second-order valence-corrected chi connectivity index (χ2v) is 6.75. The third kappa shape index (κ3) is 5.95. The Kier molecular flexibility index (Phi) is 7.78. The van der Waals surface area contributed by atoms with Crippen molar-refractivity contribution in [2.24, 2.45) is 5.73 Å². The highest BCUT2D eigenvalue weighted by atomic mass is 19.1. The number of hydrogen-bond acceptors (Lipinski definition) is 3. The minimum absolute atomic E-state index is 0.0279. The van der Waals surface area contributed by atoms with Crippen LogP contribution in [0.2, 0.25) is 0 Å². The molecule has 0 saturated carbocycles. The number of nitrogens with one attached hydrogen (secondary N) is 1. The number of H-pyrrole nitrogens is 1. The Labute approximate surface area is 154 Å². The Balaban J connectivity index is 1.70. The summed E-state index contributed by atoms with van der Waals surface area (Å²) in [7, 11) is 1.82. The molecule has 142 valence electrons. The van der Waals surface area contributed by atoms with E-state index < -0.39 is 0 Å². The van der Waals surface area contributed by atoms with Crippen molar-refractivity contribution >= 4 is 5.91 Å². The number of aryl methyl sites for hydroxylation is 1. The van der Waals surface area contributed by atoms with Gasteiger partial charge in [-0.1, -0.05) is 31.9 Å². The lowest BCUT2D eigenvalue weighted by molar-refractivity contribution is -0.131. The highest BCUT2D eigenvalue weighted by Crippen LogP contribution is 2.19. The van der Waals surface area contributed by atoms with Gasteiger partial charge in [0.15, 0.2) is 0 Å². The molecule has 0 spiro atoms. The molecule has 1 atom stereocenters. The van der Waals surface area contributed by atoms with Crippen LogP contribution >= 0.6 is 0 Å². The van der Waals surface area contributed by atoms with Crippen LogP contribution in [0.3, 0.4) is 0 Å². The highest BCUT2D eigenvalue weighted by molar-refractivity contribution is 5.81. The predicted octanol–water partition coefficient (Wildman–Crippen LogP) is 3.51. The molecule has 5 nitrogen and oxygen atoms in total. The number of likely N-dealkylation sites (N-methyl/N-ethyl adjacent to an activating group) is 1. The first-order valence-electron chi connectivity index (χ1n) is 9.32. The molecule has 6 heteroatoms. The van der Waals surface area contributed by atoms with E-state index in [1.54, 1.807) is 11.0 Å². The lowest BCUT2D eigenvalue weighted by atomic mass is 10.1. The first-order chi connectivity index (χ1) is 12.5. The second-order valence-electron chi connectivity index (χ2n) is 6.75. The smallest absolute Gasteiger partial charge is 0.239 e. The van der Waals surface area contributed by atoms with Crippen molar-refractivity contribution < 1.29 is 9.18 Å². The molecular weight excluding hydrogens is 331 g/mol. The Bertz CT molecular complexity index is 701. The summed E-state index contributed by atoms with van der Waals surface area (Å²) in [6.45, 7) is 2.76. The molecule has 0 radical (unpaired) electrons. The van der Waals surface area contributed by atoms with E-state index in [4.69, 9.17) is 5.73 Å². The number of nitrogens with zero attached hydrogens (tertiary/aromatic N) is 2. The summed E-state index contributed by atoms with van der Waals surface area (Å²) in [5.74, 6) is -0.232. The van der Waals surface area contributed by atoms with Crippen molar-refractivity contribution in [1.29, 1.82) is 0 Å². The van der Waals surface area contributed by atoms with Crippen molar-refractivity contribution in [2.75, 3.05) is 13.6 Å². The van der Waals surface area contributed by atoms with Gasteiger partial charge in [-0.3, -0.25) is 9.89 Å². The SMILES string of the molecule is CCCC(N)C(=O)N(C)CCCCCc1cc(-c2cccc(F)c2)n[nH]1. The Morgan fingerprint density at radius 1 is 1.31 bits per heavy atom. The number of unbranched alkanes of at least 4 members (excludes halogenated alkanes) is 2. The molecule has 2 rings (SSSR count). The summed E-state index contributed by atoms with van der Waals surface area (Å²) in [5, 5.41) is 7.27. The number of aromatic amines is 1. The standard InChI is InChI=1S/C20H29FN4O/c1-3-8-18(22)20(26)25(2)12-6-4-5-11-17-14-19(24-23-17)15-9-7-10-16(21)13-15/h7,9-10,13-14,18H,3-6,8,11-12,22H2,1-2H3,(H,23,24). The summed E-state index contributed by atoms with van der Waals surface area (Å²) in [5.41, 5.74) is 8.44. The zero-order valence-corrected chi connectivity index (χ0v) is 15.7. The number of carbonyl (C=O) groups excluding carboxylic acids is 1. The lowest BCUT2D eigenvalue weighted by Gasteiger charge is -2.20. The van der Waals surface area contributed by atoms with Gasteiger partial charge >= 0.3 is 0 Å². The summed E-state index contributed by atoms with van der Waals surface area (Å²) in [6, 6.07) is 8.02. The highest BCUT2D eigenvalue weighted by Gasteiger charge is 2.16. The van der Waals surface area contributed by atoms with E-state index >= 15 is 0 Å². The van der Waals surface area contributed by atoms with Gasteiger partial charge in [-0.15, -0.1) is 0 Å².